The highest BCUT2D eigenvalue weighted by Crippen LogP contribution is 2.37. The van der Waals surface area contributed by atoms with Crippen LogP contribution in [0.2, 0.25) is 0 Å². The van der Waals surface area contributed by atoms with Crippen molar-refractivity contribution in [2.45, 2.75) is 129 Å². The molecule has 1 aromatic rings. The summed E-state index contributed by atoms with van der Waals surface area (Å²) in [6.07, 6.45) is 29.3. The Morgan fingerprint density at radius 1 is 0.606 bits per heavy atom. The van der Waals surface area contributed by atoms with E-state index in [4.69, 9.17) is 0 Å². The smallest absolute Gasteiger partial charge is 0.0965 e. The minimum Gasteiger partial charge on any atom is -0.0965 e. The van der Waals surface area contributed by atoms with Crippen molar-refractivity contribution in [3.8, 4) is 0 Å². The van der Waals surface area contributed by atoms with Gasteiger partial charge in [0.1, 0.15) is 0 Å². The van der Waals surface area contributed by atoms with Gasteiger partial charge in [0.15, 0.2) is 12.4 Å². The standard InChI is InChI=1S/C31H51N2/c1-3-5-7-9-10-11-12-13-15-19-23-29(27-28-21-17-16-18-22-28)30(31-32-25-26-33-31)24-20-14-8-6-4-2/h16-18,21-22,25-26,29-30H,3-15,19-20,23-24,27H2,1-2H3/q+1. The van der Waals surface area contributed by atoms with Crippen LogP contribution in [0.15, 0.2) is 40.3 Å². The molecule has 0 aromatic heterocycles. The Kier molecular flexibility index (Phi) is 15.8. The molecule has 0 radical (unpaired) electrons. The summed E-state index contributed by atoms with van der Waals surface area (Å²) in [5.74, 6) is 1.15. The third-order valence-electron chi connectivity index (χ3n) is 7.27. The van der Waals surface area contributed by atoms with Crippen LogP contribution in [0.5, 0.6) is 0 Å². The number of aliphatic imine (C=N–C) groups is 2. The zero-order chi connectivity index (χ0) is 23.4. The van der Waals surface area contributed by atoms with Crippen LogP contribution < -0.4 is 0 Å². The van der Waals surface area contributed by atoms with Gasteiger partial charge in [0.25, 0.3) is 0 Å². The second-order valence-electron chi connectivity index (χ2n) is 10.1. The van der Waals surface area contributed by atoms with Crippen molar-refractivity contribution in [3.63, 3.8) is 0 Å². The predicted octanol–water partition coefficient (Wildman–Crippen LogP) is 9.78. The number of nitrogens with zero attached hydrogens (tertiary/aromatic N) is 2. The van der Waals surface area contributed by atoms with Gasteiger partial charge in [-0.25, -0.2) is 0 Å². The lowest BCUT2D eigenvalue weighted by atomic mass is 9.78. The van der Waals surface area contributed by atoms with Crippen LogP contribution in [0, 0.1) is 18.0 Å². The van der Waals surface area contributed by atoms with Gasteiger partial charge in [-0.05, 0) is 30.7 Å². The first-order chi connectivity index (χ1) is 16.3. The van der Waals surface area contributed by atoms with Gasteiger partial charge < -0.3 is 0 Å². The van der Waals surface area contributed by atoms with Crippen LogP contribution in [0.25, 0.3) is 0 Å². The largest absolute Gasteiger partial charge is 0.244 e. The quantitative estimate of drug-likeness (QED) is 0.131. The van der Waals surface area contributed by atoms with Gasteiger partial charge in [-0.15, -0.1) is 0 Å². The highest BCUT2D eigenvalue weighted by atomic mass is 15.0. The van der Waals surface area contributed by atoms with Crippen molar-refractivity contribution in [2.24, 2.45) is 21.8 Å². The Hall–Kier alpha value is -1.57. The summed E-state index contributed by atoms with van der Waals surface area (Å²) in [5.41, 5.74) is 1.47. The summed E-state index contributed by atoms with van der Waals surface area (Å²) >= 11 is 0. The van der Waals surface area contributed by atoms with Crippen molar-refractivity contribution < 1.29 is 0 Å². The van der Waals surface area contributed by atoms with Gasteiger partial charge in [-0.2, -0.15) is 0 Å². The second-order valence-corrected chi connectivity index (χ2v) is 10.1. The first kappa shape index (κ1) is 27.7. The van der Waals surface area contributed by atoms with E-state index in [0.29, 0.717) is 11.8 Å². The van der Waals surface area contributed by atoms with Crippen molar-refractivity contribution in [1.29, 1.82) is 0 Å². The predicted molar refractivity (Wildman–Crippen MR) is 147 cm³/mol. The Morgan fingerprint density at radius 3 is 1.64 bits per heavy atom. The topological polar surface area (TPSA) is 24.7 Å². The van der Waals surface area contributed by atoms with E-state index < -0.39 is 0 Å². The van der Waals surface area contributed by atoms with Crippen LogP contribution in [0.1, 0.15) is 129 Å². The van der Waals surface area contributed by atoms with E-state index >= 15 is 0 Å². The first-order valence-electron chi connectivity index (χ1n) is 14.3. The second kappa shape index (κ2) is 18.8. The van der Waals surface area contributed by atoms with E-state index in [9.17, 15) is 0 Å². The Morgan fingerprint density at radius 2 is 1.09 bits per heavy atom. The molecule has 0 aliphatic carbocycles. The molecule has 184 valence electrons. The molecule has 0 saturated heterocycles. The van der Waals surface area contributed by atoms with E-state index in [1.807, 2.05) is 12.4 Å². The minimum absolute atomic E-state index is 0.500. The highest BCUT2D eigenvalue weighted by molar-refractivity contribution is 6.18. The third kappa shape index (κ3) is 12.5. The van der Waals surface area contributed by atoms with Gasteiger partial charge in [0.05, 0.1) is 5.92 Å². The molecular weight excluding hydrogens is 400 g/mol. The Labute approximate surface area is 205 Å². The molecule has 2 unspecified atom stereocenters. The average Bonchev–Trinajstić information content (AvgIpc) is 3.37. The van der Waals surface area contributed by atoms with E-state index in [1.165, 1.54) is 115 Å². The van der Waals surface area contributed by atoms with Crippen LogP contribution >= 0.6 is 0 Å². The molecule has 0 spiro atoms. The van der Waals surface area contributed by atoms with Gasteiger partial charge in [0, 0.05) is 0 Å². The normalized spacial score (nSPS) is 14.8. The van der Waals surface area contributed by atoms with Crippen molar-refractivity contribution in [1.82, 2.24) is 0 Å². The molecule has 0 bridgehead atoms. The summed E-state index contributed by atoms with van der Waals surface area (Å²) < 4.78 is 0. The van der Waals surface area contributed by atoms with Gasteiger partial charge in [-0.3, -0.25) is 0 Å². The molecule has 0 fully saturated rings. The maximum absolute atomic E-state index is 4.68. The lowest BCUT2D eigenvalue weighted by Gasteiger charge is -2.26. The average molecular weight is 452 g/mol. The Balaban J connectivity index is 1.83. The summed E-state index contributed by atoms with van der Waals surface area (Å²) in [7, 11) is 0. The van der Waals surface area contributed by atoms with Gasteiger partial charge >= 0.3 is 0 Å². The highest BCUT2D eigenvalue weighted by Gasteiger charge is 2.35. The molecule has 0 N–H and O–H groups in total. The number of hydrogen-bond donors (Lipinski definition) is 0. The van der Waals surface area contributed by atoms with Crippen LogP contribution in [-0.4, -0.2) is 12.4 Å². The van der Waals surface area contributed by atoms with Crippen LogP contribution in [0.3, 0.4) is 0 Å². The molecule has 1 aromatic carbocycles. The SMILES string of the molecule is CCCCCCCCCCCCC(Cc1ccccc1)C(CCCCCCC)[C+]1N=CC=N1. The maximum atomic E-state index is 4.68. The molecule has 0 saturated carbocycles. The fourth-order valence-electron chi connectivity index (χ4n) is 5.24. The summed E-state index contributed by atoms with van der Waals surface area (Å²) in [5, 5.41) is 0. The van der Waals surface area contributed by atoms with Crippen LogP contribution in [-0.2, 0) is 6.42 Å². The Bertz CT molecular complexity index is 609. The lowest BCUT2D eigenvalue weighted by Crippen LogP contribution is -2.22. The number of hydrogen-bond acceptors (Lipinski definition) is 2. The molecule has 1 aliphatic heterocycles. The molecule has 33 heavy (non-hydrogen) atoms. The minimum atomic E-state index is 0.500. The molecule has 2 heteroatoms. The van der Waals surface area contributed by atoms with Crippen LogP contribution in [0.4, 0.5) is 0 Å². The molecular formula is C31H51N2+. The maximum Gasteiger partial charge on any atom is 0.244 e. The van der Waals surface area contributed by atoms with Crippen molar-refractivity contribution >= 4 is 12.4 Å². The zero-order valence-electron chi connectivity index (χ0n) is 21.8. The fraction of sp³-hybridized carbons (Fsp3) is 0.710. The lowest BCUT2D eigenvalue weighted by molar-refractivity contribution is 0.284. The zero-order valence-corrected chi connectivity index (χ0v) is 21.8. The van der Waals surface area contributed by atoms with E-state index in [-0.39, 0.29) is 0 Å². The van der Waals surface area contributed by atoms with E-state index in [2.05, 4.69) is 54.2 Å². The number of rotatable bonds is 21. The van der Waals surface area contributed by atoms with Gasteiger partial charge in [0.2, 0.25) is 6.17 Å². The molecule has 0 amide bonds. The summed E-state index contributed by atoms with van der Waals surface area (Å²) in [4.78, 5) is 9.36. The molecule has 2 rings (SSSR count). The molecule has 1 heterocycles. The third-order valence-corrected chi connectivity index (χ3v) is 7.27. The number of benzene rings is 1. The number of unbranched alkanes of at least 4 members (excludes halogenated alkanes) is 13. The summed E-state index contributed by atoms with van der Waals surface area (Å²) in [6.45, 7) is 4.59. The first-order valence-corrected chi connectivity index (χ1v) is 14.3. The van der Waals surface area contributed by atoms with E-state index in [1.54, 1.807) is 0 Å². The molecule has 1 aliphatic rings. The van der Waals surface area contributed by atoms with Crippen molar-refractivity contribution in [3.05, 3.63) is 42.1 Å². The summed E-state index contributed by atoms with van der Waals surface area (Å²) in [6, 6.07) is 11.1. The monoisotopic (exact) mass is 451 g/mol. The van der Waals surface area contributed by atoms with Crippen molar-refractivity contribution in [2.75, 3.05) is 0 Å². The molecule has 2 nitrogen and oxygen atoms in total. The fourth-order valence-corrected chi connectivity index (χ4v) is 5.24. The van der Waals surface area contributed by atoms with E-state index in [0.717, 1.165) is 12.6 Å². The van der Waals surface area contributed by atoms with Gasteiger partial charge in [-0.1, -0.05) is 150 Å². The molecule has 2 atom stereocenters.